The van der Waals surface area contributed by atoms with Crippen LogP contribution in [-0.4, -0.2) is 42.2 Å². The highest BCUT2D eigenvalue weighted by molar-refractivity contribution is 5.91. The lowest BCUT2D eigenvalue weighted by molar-refractivity contribution is -0.142. The number of nitrogens with zero attached hydrogens (tertiary/aromatic N) is 2. The average molecular weight is 290 g/mol. The van der Waals surface area contributed by atoms with Gasteiger partial charge in [0.2, 0.25) is 11.7 Å². The second kappa shape index (κ2) is 6.65. The number of aromatic nitrogens is 2. The van der Waals surface area contributed by atoms with Gasteiger partial charge in [0.1, 0.15) is 0 Å². The molecule has 110 valence electrons. The zero-order chi connectivity index (χ0) is 15.2. The summed E-state index contributed by atoms with van der Waals surface area (Å²) in [5, 5.41) is 0.592. The van der Waals surface area contributed by atoms with E-state index in [9.17, 15) is 9.59 Å². The number of ether oxygens (including phenoxy) is 3. The average Bonchev–Trinajstić information content (AvgIpc) is 2.52. The summed E-state index contributed by atoms with van der Waals surface area (Å²) in [5.74, 6) is -1.17. The van der Waals surface area contributed by atoms with E-state index in [4.69, 9.17) is 9.47 Å². The van der Waals surface area contributed by atoms with Crippen LogP contribution < -0.4 is 4.74 Å². The summed E-state index contributed by atoms with van der Waals surface area (Å²) >= 11 is 0. The summed E-state index contributed by atoms with van der Waals surface area (Å²) in [5.41, 5.74) is 0.524. The summed E-state index contributed by atoms with van der Waals surface area (Å²) in [4.78, 5) is 31.0. The van der Waals surface area contributed by atoms with E-state index in [0.717, 1.165) is 0 Å². The predicted molar refractivity (Wildman–Crippen MR) is 73.0 cm³/mol. The van der Waals surface area contributed by atoms with Crippen molar-refractivity contribution < 1.29 is 23.8 Å². The molecule has 0 spiro atoms. The Kier molecular flexibility index (Phi) is 4.65. The van der Waals surface area contributed by atoms with Crippen LogP contribution in [0.15, 0.2) is 24.3 Å². The van der Waals surface area contributed by atoms with Crippen molar-refractivity contribution in [2.24, 2.45) is 0 Å². The molecule has 0 amide bonds. The number of methoxy groups -OCH3 is 1. The molecular formula is C14H14N2O5. The van der Waals surface area contributed by atoms with Crippen molar-refractivity contribution in [2.75, 3.05) is 20.3 Å². The minimum atomic E-state index is -0.647. The molecule has 2 aromatic rings. The van der Waals surface area contributed by atoms with Gasteiger partial charge in [0, 0.05) is 0 Å². The lowest BCUT2D eigenvalue weighted by Crippen LogP contribution is -2.15. The Morgan fingerprint density at radius 1 is 1.19 bits per heavy atom. The van der Waals surface area contributed by atoms with Gasteiger partial charge in [0.15, 0.2) is 6.61 Å². The van der Waals surface area contributed by atoms with Crippen LogP contribution in [0.3, 0.4) is 0 Å². The Bertz CT molecular complexity index is 671. The van der Waals surface area contributed by atoms with E-state index in [2.05, 4.69) is 14.7 Å². The molecule has 0 N–H and O–H groups in total. The predicted octanol–water partition coefficient (Wildman–Crippen LogP) is 1.36. The first kappa shape index (κ1) is 14.7. The van der Waals surface area contributed by atoms with Gasteiger partial charge in [-0.05, 0) is 19.1 Å². The maximum Gasteiger partial charge on any atom is 0.376 e. The van der Waals surface area contributed by atoms with Crippen molar-refractivity contribution in [3.8, 4) is 5.88 Å². The van der Waals surface area contributed by atoms with Crippen LogP contribution >= 0.6 is 0 Å². The minimum Gasteiger partial charge on any atom is -0.466 e. The maximum absolute atomic E-state index is 11.7. The van der Waals surface area contributed by atoms with Crippen LogP contribution in [0.4, 0.5) is 0 Å². The summed E-state index contributed by atoms with van der Waals surface area (Å²) in [7, 11) is 1.26. The standard InChI is InChI=1S/C14H14N2O5/c1-3-20-14(18)12-15-10-7-5-4-6-9(10)13(16-12)21-8-11(17)19-2/h4-7H,3,8H2,1-2H3. The molecule has 7 nitrogen and oxygen atoms in total. The highest BCUT2D eigenvalue weighted by Crippen LogP contribution is 2.22. The van der Waals surface area contributed by atoms with E-state index in [1.807, 2.05) is 0 Å². The molecule has 2 rings (SSSR count). The van der Waals surface area contributed by atoms with Gasteiger partial charge in [-0.3, -0.25) is 0 Å². The number of carbonyl (C=O) groups is 2. The molecule has 0 aliphatic rings. The van der Waals surface area contributed by atoms with E-state index in [0.29, 0.717) is 10.9 Å². The van der Waals surface area contributed by atoms with Gasteiger partial charge in [-0.2, -0.15) is 4.98 Å². The summed E-state index contributed by atoms with van der Waals surface area (Å²) in [6.07, 6.45) is 0. The Morgan fingerprint density at radius 2 is 1.95 bits per heavy atom. The maximum atomic E-state index is 11.7. The fourth-order valence-corrected chi connectivity index (χ4v) is 1.63. The lowest BCUT2D eigenvalue weighted by Gasteiger charge is -2.09. The normalized spacial score (nSPS) is 10.2. The van der Waals surface area contributed by atoms with Crippen LogP contribution in [-0.2, 0) is 14.3 Å². The van der Waals surface area contributed by atoms with Crippen molar-refractivity contribution in [3.05, 3.63) is 30.1 Å². The molecule has 1 heterocycles. The SMILES string of the molecule is CCOC(=O)c1nc(OCC(=O)OC)c2ccccc2n1. The Morgan fingerprint density at radius 3 is 2.67 bits per heavy atom. The second-order valence-corrected chi connectivity index (χ2v) is 3.95. The molecule has 0 saturated carbocycles. The van der Waals surface area contributed by atoms with E-state index >= 15 is 0 Å². The number of rotatable bonds is 5. The molecular weight excluding hydrogens is 276 g/mol. The third-order valence-corrected chi connectivity index (χ3v) is 2.58. The van der Waals surface area contributed by atoms with Gasteiger partial charge in [-0.1, -0.05) is 12.1 Å². The summed E-state index contributed by atoms with van der Waals surface area (Å²) in [6.45, 7) is 1.60. The smallest absolute Gasteiger partial charge is 0.376 e. The van der Waals surface area contributed by atoms with Crippen molar-refractivity contribution in [1.29, 1.82) is 0 Å². The fraction of sp³-hybridized carbons (Fsp3) is 0.286. The van der Waals surface area contributed by atoms with E-state index in [-0.39, 0.29) is 24.9 Å². The number of benzene rings is 1. The number of fused-ring (bicyclic) bond motifs is 1. The van der Waals surface area contributed by atoms with Gasteiger partial charge in [-0.15, -0.1) is 0 Å². The molecule has 0 saturated heterocycles. The highest BCUT2D eigenvalue weighted by Gasteiger charge is 2.16. The van der Waals surface area contributed by atoms with E-state index in [1.165, 1.54) is 7.11 Å². The van der Waals surface area contributed by atoms with Crippen molar-refractivity contribution in [2.45, 2.75) is 6.92 Å². The number of para-hydroxylation sites is 1. The van der Waals surface area contributed by atoms with Crippen molar-refractivity contribution >= 4 is 22.8 Å². The number of esters is 2. The van der Waals surface area contributed by atoms with Crippen molar-refractivity contribution in [1.82, 2.24) is 9.97 Å². The third kappa shape index (κ3) is 3.44. The number of hydrogen-bond donors (Lipinski definition) is 0. The van der Waals surface area contributed by atoms with E-state index in [1.54, 1.807) is 31.2 Å². The first-order valence-electron chi connectivity index (χ1n) is 6.29. The quantitative estimate of drug-likeness (QED) is 0.768. The molecule has 0 bridgehead atoms. The summed E-state index contributed by atoms with van der Waals surface area (Å²) < 4.78 is 14.7. The van der Waals surface area contributed by atoms with Gasteiger partial charge in [0.05, 0.1) is 24.6 Å². The van der Waals surface area contributed by atoms with Crippen LogP contribution in [0.5, 0.6) is 5.88 Å². The van der Waals surface area contributed by atoms with Crippen LogP contribution in [0.25, 0.3) is 10.9 Å². The van der Waals surface area contributed by atoms with Crippen LogP contribution in [0, 0.1) is 0 Å². The first-order valence-corrected chi connectivity index (χ1v) is 6.29. The largest absolute Gasteiger partial charge is 0.466 e. The molecule has 1 aromatic carbocycles. The zero-order valence-corrected chi connectivity index (χ0v) is 11.7. The molecule has 0 fully saturated rings. The monoisotopic (exact) mass is 290 g/mol. The lowest BCUT2D eigenvalue weighted by atomic mass is 10.2. The zero-order valence-electron chi connectivity index (χ0n) is 11.7. The summed E-state index contributed by atoms with van der Waals surface area (Å²) in [6, 6.07) is 7.00. The molecule has 1 aromatic heterocycles. The van der Waals surface area contributed by atoms with Crippen LogP contribution in [0.2, 0.25) is 0 Å². The minimum absolute atomic E-state index is 0.115. The molecule has 0 radical (unpaired) electrons. The van der Waals surface area contributed by atoms with Gasteiger partial charge >= 0.3 is 11.9 Å². The third-order valence-electron chi connectivity index (χ3n) is 2.58. The van der Waals surface area contributed by atoms with Crippen molar-refractivity contribution in [3.63, 3.8) is 0 Å². The Balaban J connectivity index is 2.40. The van der Waals surface area contributed by atoms with Gasteiger partial charge in [0.25, 0.3) is 0 Å². The highest BCUT2D eigenvalue weighted by atomic mass is 16.6. The molecule has 0 atom stereocenters. The molecule has 7 heteroatoms. The Hall–Kier alpha value is -2.70. The van der Waals surface area contributed by atoms with E-state index < -0.39 is 11.9 Å². The first-order chi connectivity index (χ1) is 10.2. The molecule has 21 heavy (non-hydrogen) atoms. The number of hydrogen-bond acceptors (Lipinski definition) is 7. The Labute approximate surface area is 120 Å². The van der Waals surface area contributed by atoms with Gasteiger partial charge < -0.3 is 14.2 Å². The van der Waals surface area contributed by atoms with Crippen LogP contribution in [0.1, 0.15) is 17.5 Å². The fourth-order valence-electron chi connectivity index (χ4n) is 1.63. The topological polar surface area (TPSA) is 87.6 Å². The second-order valence-electron chi connectivity index (χ2n) is 3.95. The number of carbonyl (C=O) groups excluding carboxylic acids is 2. The molecule has 0 unspecified atom stereocenters. The molecule has 0 aliphatic carbocycles. The van der Waals surface area contributed by atoms with Gasteiger partial charge in [-0.25, -0.2) is 14.6 Å². The molecule has 0 aliphatic heterocycles.